The van der Waals surface area contributed by atoms with Crippen molar-refractivity contribution in [3.8, 4) is 17.2 Å². The second-order valence-electron chi connectivity index (χ2n) is 13.7. The van der Waals surface area contributed by atoms with Crippen molar-refractivity contribution in [2.24, 2.45) is 23.7 Å². The molecule has 51 heavy (non-hydrogen) atoms. The molecule has 6 atom stereocenters. The van der Waals surface area contributed by atoms with Crippen molar-refractivity contribution in [3.63, 3.8) is 0 Å². The van der Waals surface area contributed by atoms with E-state index in [0.29, 0.717) is 28.3 Å². The first-order valence-electron chi connectivity index (χ1n) is 17.0. The number of nitrogens with zero attached hydrogens (tertiary/aromatic N) is 2. The Morgan fingerprint density at radius 3 is 2.31 bits per heavy atom. The number of fused-ring (bicyclic) bond motifs is 4. The highest BCUT2D eigenvalue weighted by Crippen LogP contribution is 2.65. The van der Waals surface area contributed by atoms with Crippen molar-refractivity contribution >= 4 is 40.9 Å². The lowest BCUT2D eigenvalue weighted by molar-refractivity contribution is -0.140. The Morgan fingerprint density at radius 2 is 1.59 bits per heavy atom. The number of likely N-dealkylation sites (tertiary alicyclic amines) is 1. The molecule has 4 aliphatic rings. The van der Waals surface area contributed by atoms with Gasteiger partial charge in [-0.3, -0.25) is 24.1 Å². The highest BCUT2D eigenvalue weighted by atomic mass is 35.5. The van der Waals surface area contributed by atoms with Crippen molar-refractivity contribution in [1.82, 2.24) is 4.90 Å². The number of benzene rings is 4. The molecule has 0 unspecified atom stereocenters. The van der Waals surface area contributed by atoms with Crippen LogP contribution in [-0.2, 0) is 31.0 Å². The van der Waals surface area contributed by atoms with Crippen LogP contribution in [0.1, 0.15) is 35.4 Å². The number of carbonyl (C=O) groups is 4. The molecule has 3 fully saturated rings. The van der Waals surface area contributed by atoms with E-state index < -0.39 is 46.8 Å². The quantitative estimate of drug-likeness (QED) is 0.175. The molecule has 258 valence electrons. The minimum absolute atomic E-state index is 0.131. The minimum Gasteiger partial charge on any atom is -0.508 e. The van der Waals surface area contributed by atoms with Crippen LogP contribution in [0.25, 0.3) is 0 Å². The summed E-state index contributed by atoms with van der Waals surface area (Å²) in [6.07, 6.45) is 2.80. The number of anilines is 1. The molecule has 4 aromatic carbocycles. The van der Waals surface area contributed by atoms with Gasteiger partial charge in [0.2, 0.25) is 23.6 Å². The van der Waals surface area contributed by atoms with Crippen LogP contribution in [0.4, 0.5) is 5.69 Å². The third-order valence-electron chi connectivity index (χ3n) is 11.4. The summed E-state index contributed by atoms with van der Waals surface area (Å²) >= 11 is 6.39. The number of allylic oxidation sites excluding steroid dienone is 2. The van der Waals surface area contributed by atoms with Gasteiger partial charge < -0.3 is 14.9 Å². The predicted octanol–water partition coefficient (Wildman–Crippen LogP) is 6.16. The molecule has 2 saturated heterocycles. The molecule has 2 aliphatic heterocycles. The van der Waals surface area contributed by atoms with E-state index in [1.54, 1.807) is 66.7 Å². The predicted molar refractivity (Wildman–Crippen MR) is 189 cm³/mol. The molecule has 2 aliphatic carbocycles. The van der Waals surface area contributed by atoms with Gasteiger partial charge in [0.05, 0.1) is 36.0 Å². The van der Waals surface area contributed by atoms with E-state index in [0.717, 1.165) is 11.1 Å². The Kier molecular flexibility index (Phi) is 7.98. The maximum Gasteiger partial charge on any atom is 0.246 e. The van der Waals surface area contributed by atoms with Gasteiger partial charge in [-0.1, -0.05) is 83.9 Å². The van der Waals surface area contributed by atoms with Crippen LogP contribution in [0.15, 0.2) is 109 Å². The zero-order valence-corrected chi connectivity index (χ0v) is 28.5. The van der Waals surface area contributed by atoms with Gasteiger partial charge in [-0.2, -0.15) is 0 Å². The number of hydrogen-bond donors (Lipinski definition) is 2. The SMILES string of the molecule is COc1cccc([C@H]2C3=CC[C@@H]4C(=O)N(CCc5ccc(O)cc5)C(=O)[C@@H]4[C@@H]3C[C@H]3C(=O)N(c4cccc(Cl)c4)C(=O)[C@@]23c2ccccc2)c1O. The number of phenolic OH excluding ortho intramolecular Hbond substituents is 2. The molecule has 0 bridgehead atoms. The molecule has 0 spiro atoms. The third kappa shape index (κ3) is 4.89. The molecule has 4 aromatic rings. The number of hydrogen-bond acceptors (Lipinski definition) is 7. The number of aromatic hydroxyl groups is 2. The van der Waals surface area contributed by atoms with Crippen molar-refractivity contribution in [2.45, 2.75) is 30.6 Å². The maximum atomic E-state index is 15.3. The van der Waals surface area contributed by atoms with Crippen LogP contribution in [0.5, 0.6) is 17.2 Å². The van der Waals surface area contributed by atoms with Gasteiger partial charge in [0.15, 0.2) is 11.5 Å². The number of amides is 4. The number of para-hydroxylation sites is 1. The smallest absolute Gasteiger partial charge is 0.246 e. The normalized spacial score (nSPS) is 26.9. The molecule has 0 aromatic heterocycles. The first kappa shape index (κ1) is 32.8. The van der Waals surface area contributed by atoms with E-state index in [2.05, 4.69) is 0 Å². The van der Waals surface area contributed by atoms with Crippen molar-refractivity contribution in [1.29, 1.82) is 0 Å². The second kappa shape index (κ2) is 12.4. The van der Waals surface area contributed by atoms with Crippen molar-refractivity contribution in [2.75, 3.05) is 18.6 Å². The Bertz CT molecular complexity index is 2120. The lowest BCUT2D eigenvalue weighted by atomic mass is 9.49. The van der Waals surface area contributed by atoms with E-state index in [-0.39, 0.29) is 48.4 Å². The zero-order valence-electron chi connectivity index (χ0n) is 27.7. The highest BCUT2D eigenvalue weighted by molar-refractivity contribution is 6.32. The molecule has 2 N–H and O–H groups in total. The van der Waals surface area contributed by atoms with Gasteiger partial charge in [0, 0.05) is 23.0 Å². The number of rotatable bonds is 7. The molecule has 8 rings (SSSR count). The van der Waals surface area contributed by atoms with Gasteiger partial charge in [0.25, 0.3) is 0 Å². The highest BCUT2D eigenvalue weighted by Gasteiger charge is 2.70. The number of carbonyl (C=O) groups excluding carboxylic acids is 4. The van der Waals surface area contributed by atoms with Crippen LogP contribution in [0.2, 0.25) is 5.02 Å². The Balaban J connectivity index is 1.29. The largest absolute Gasteiger partial charge is 0.508 e. The first-order chi connectivity index (χ1) is 24.7. The Labute approximate surface area is 299 Å². The fourth-order valence-electron chi connectivity index (χ4n) is 9.21. The number of methoxy groups -OCH3 is 1. The number of phenols is 2. The van der Waals surface area contributed by atoms with Gasteiger partial charge in [-0.05, 0) is 72.7 Å². The van der Waals surface area contributed by atoms with Gasteiger partial charge in [0.1, 0.15) is 5.75 Å². The zero-order chi connectivity index (χ0) is 35.6. The fourth-order valence-corrected chi connectivity index (χ4v) is 9.40. The lowest BCUT2D eigenvalue weighted by Gasteiger charge is -2.50. The Morgan fingerprint density at radius 1 is 0.843 bits per heavy atom. The summed E-state index contributed by atoms with van der Waals surface area (Å²) in [5, 5.41) is 21.8. The van der Waals surface area contributed by atoms with Crippen LogP contribution in [0.3, 0.4) is 0 Å². The standard InChI is InChI=1S/C41H35ClN2O7/c1-51-33-12-6-11-30(36(33)46)35-28-17-18-29-34(39(49)43(37(29)47)20-19-23-13-15-27(45)16-14-23)31(28)22-32-38(48)44(26-10-5-9-25(42)21-26)40(50)41(32,35)24-7-3-2-4-8-24/h2-17,21,29,31-32,34-35,45-46H,18-20,22H2,1H3/t29-,31+,32-,34-,35+,41+/m0/s1. The van der Waals surface area contributed by atoms with Crippen LogP contribution >= 0.6 is 11.6 Å². The number of halogens is 1. The number of imide groups is 2. The van der Waals surface area contributed by atoms with E-state index in [1.807, 2.05) is 36.4 Å². The maximum absolute atomic E-state index is 15.3. The van der Waals surface area contributed by atoms with Crippen LogP contribution in [0, 0.1) is 23.7 Å². The van der Waals surface area contributed by atoms with E-state index >= 15 is 4.79 Å². The van der Waals surface area contributed by atoms with Gasteiger partial charge >= 0.3 is 0 Å². The molecule has 9 nitrogen and oxygen atoms in total. The van der Waals surface area contributed by atoms with Crippen LogP contribution < -0.4 is 9.64 Å². The molecule has 1 saturated carbocycles. The molecule has 4 amide bonds. The first-order valence-corrected chi connectivity index (χ1v) is 17.4. The van der Waals surface area contributed by atoms with E-state index in [1.165, 1.54) is 16.9 Å². The summed E-state index contributed by atoms with van der Waals surface area (Å²) in [5.41, 5.74) is 1.44. The van der Waals surface area contributed by atoms with E-state index in [4.69, 9.17) is 16.3 Å². The van der Waals surface area contributed by atoms with Crippen molar-refractivity contribution in [3.05, 3.63) is 130 Å². The summed E-state index contributed by atoms with van der Waals surface area (Å²) in [7, 11) is 1.45. The Hall–Kier alpha value is -5.41. The molecule has 0 radical (unpaired) electrons. The van der Waals surface area contributed by atoms with Crippen LogP contribution in [-0.4, -0.2) is 52.4 Å². The molecular formula is C41H35ClN2O7. The van der Waals surface area contributed by atoms with Gasteiger partial charge in [-0.15, -0.1) is 0 Å². The van der Waals surface area contributed by atoms with Crippen molar-refractivity contribution < 1.29 is 34.1 Å². The molecule has 2 heterocycles. The summed E-state index contributed by atoms with van der Waals surface area (Å²) in [6, 6.07) is 27.5. The second-order valence-corrected chi connectivity index (χ2v) is 14.2. The van der Waals surface area contributed by atoms with Gasteiger partial charge in [-0.25, -0.2) is 4.90 Å². The summed E-state index contributed by atoms with van der Waals surface area (Å²) < 4.78 is 5.53. The lowest BCUT2D eigenvalue weighted by Crippen LogP contribution is -2.53. The number of ether oxygens (including phenoxy) is 1. The third-order valence-corrected chi connectivity index (χ3v) is 11.6. The topological polar surface area (TPSA) is 124 Å². The summed E-state index contributed by atoms with van der Waals surface area (Å²) in [6.45, 7) is 0.176. The molecular weight excluding hydrogens is 668 g/mol. The minimum atomic E-state index is -1.51. The summed E-state index contributed by atoms with van der Waals surface area (Å²) in [5.74, 6) is -5.02. The molecule has 10 heteroatoms. The average molecular weight is 703 g/mol. The monoisotopic (exact) mass is 702 g/mol. The fraction of sp³-hybridized carbons (Fsp3) is 0.268. The van der Waals surface area contributed by atoms with E-state index in [9.17, 15) is 24.6 Å². The average Bonchev–Trinajstić information content (AvgIpc) is 3.52. The summed E-state index contributed by atoms with van der Waals surface area (Å²) in [4.78, 5) is 61.0.